The third-order valence-corrected chi connectivity index (χ3v) is 4.53. The topological polar surface area (TPSA) is 69.6 Å². The number of rotatable bonds is 2. The molecule has 2 rings (SSSR count). The number of piperidine rings is 1. The number of anilines is 1. The number of benzene rings is 1. The summed E-state index contributed by atoms with van der Waals surface area (Å²) in [5.74, 6) is -0.955. The van der Waals surface area contributed by atoms with Gasteiger partial charge in [-0.2, -0.15) is 0 Å². The van der Waals surface area contributed by atoms with E-state index in [2.05, 4.69) is 21.2 Å². The summed E-state index contributed by atoms with van der Waals surface area (Å²) in [6.45, 7) is 3.97. The third kappa shape index (κ3) is 3.20. The minimum Gasteiger partial charge on any atom is -0.480 e. The van der Waals surface area contributed by atoms with Gasteiger partial charge in [0, 0.05) is 16.7 Å². The number of amides is 2. The minimum atomic E-state index is -1.14. The number of aryl methyl sites for hydroxylation is 1. The first-order valence-electron chi connectivity index (χ1n) is 6.93. The van der Waals surface area contributed by atoms with Crippen molar-refractivity contribution in [2.24, 2.45) is 0 Å². The van der Waals surface area contributed by atoms with Crippen LogP contribution in [0.2, 0.25) is 0 Å². The minimum absolute atomic E-state index is 0.360. The third-order valence-electron chi connectivity index (χ3n) is 4.04. The van der Waals surface area contributed by atoms with E-state index in [9.17, 15) is 14.7 Å². The van der Waals surface area contributed by atoms with Crippen LogP contribution in [-0.4, -0.2) is 34.1 Å². The Morgan fingerprint density at radius 1 is 1.38 bits per heavy atom. The molecule has 21 heavy (non-hydrogen) atoms. The summed E-state index contributed by atoms with van der Waals surface area (Å²) in [6, 6.07) is 5.25. The largest absolute Gasteiger partial charge is 0.480 e. The lowest BCUT2D eigenvalue weighted by molar-refractivity contribution is -0.150. The molecule has 1 aromatic carbocycles. The van der Waals surface area contributed by atoms with Crippen molar-refractivity contribution in [2.75, 3.05) is 11.9 Å². The number of halogens is 1. The summed E-state index contributed by atoms with van der Waals surface area (Å²) < 4.78 is 0.864. The molecule has 1 aromatic rings. The number of hydrogen-bond acceptors (Lipinski definition) is 2. The summed E-state index contributed by atoms with van der Waals surface area (Å²) in [4.78, 5) is 25.5. The molecule has 1 aliphatic rings. The monoisotopic (exact) mass is 354 g/mol. The Hall–Kier alpha value is -1.56. The first kappa shape index (κ1) is 15.8. The number of hydrogen-bond donors (Lipinski definition) is 2. The molecule has 0 spiro atoms. The van der Waals surface area contributed by atoms with Crippen LogP contribution in [0.1, 0.15) is 31.7 Å². The number of carboxylic acids is 1. The highest BCUT2D eigenvalue weighted by atomic mass is 79.9. The Balaban J connectivity index is 2.22. The summed E-state index contributed by atoms with van der Waals surface area (Å²) in [6.07, 6.45) is 2.13. The highest BCUT2D eigenvalue weighted by Gasteiger charge is 2.44. The van der Waals surface area contributed by atoms with E-state index in [0.29, 0.717) is 18.7 Å². The van der Waals surface area contributed by atoms with E-state index >= 15 is 0 Å². The lowest BCUT2D eigenvalue weighted by Crippen LogP contribution is -2.58. The first-order valence-corrected chi connectivity index (χ1v) is 7.72. The van der Waals surface area contributed by atoms with Crippen molar-refractivity contribution in [3.63, 3.8) is 0 Å². The standard InChI is InChI=1S/C15H19BrN2O3/c1-10-5-6-11(16)9-12(10)17-14(21)18-8-4-3-7-15(18,2)13(19)20/h5-6,9H,3-4,7-8H2,1-2H3,(H,17,21)(H,19,20). The maximum Gasteiger partial charge on any atom is 0.329 e. The molecule has 5 nitrogen and oxygen atoms in total. The van der Waals surface area contributed by atoms with Gasteiger partial charge in [0.05, 0.1) is 0 Å². The normalized spacial score (nSPS) is 22.0. The Labute approximate surface area is 132 Å². The van der Waals surface area contributed by atoms with Gasteiger partial charge in [0.2, 0.25) is 0 Å². The van der Waals surface area contributed by atoms with E-state index < -0.39 is 11.5 Å². The Morgan fingerprint density at radius 3 is 2.76 bits per heavy atom. The molecule has 1 unspecified atom stereocenters. The fourth-order valence-electron chi connectivity index (χ4n) is 2.58. The summed E-state index contributed by atoms with van der Waals surface area (Å²) in [5, 5.41) is 12.3. The Morgan fingerprint density at radius 2 is 2.10 bits per heavy atom. The van der Waals surface area contributed by atoms with Gasteiger partial charge in [-0.1, -0.05) is 22.0 Å². The van der Waals surface area contributed by atoms with Gasteiger partial charge in [0.25, 0.3) is 0 Å². The van der Waals surface area contributed by atoms with Gasteiger partial charge in [-0.3, -0.25) is 0 Å². The number of carbonyl (C=O) groups excluding carboxylic acids is 1. The molecule has 1 heterocycles. The van der Waals surface area contributed by atoms with Gasteiger partial charge < -0.3 is 15.3 Å². The Bertz CT molecular complexity index is 576. The highest BCUT2D eigenvalue weighted by molar-refractivity contribution is 9.10. The maximum atomic E-state index is 12.5. The zero-order chi connectivity index (χ0) is 15.6. The van der Waals surface area contributed by atoms with E-state index in [-0.39, 0.29) is 6.03 Å². The molecule has 6 heteroatoms. The van der Waals surface area contributed by atoms with Gasteiger partial charge in [-0.25, -0.2) is 9.59 Å². The molecule has 0 saturated carbocycles. The molecule has 0 aromatic heterocycles. The SMILES string of the molecule is Cc1ccc(Br)cc1NC(=O)N1CCCCC1(C)C(=O)O. The van der Waals surface area contributed by atoms with Crippen molar-refractivity contribution < 1.29 is 14.7 Å². The fraction of sp³-hybridized carbons (Fsp3) is 0.467. The van der Waals surface area contributed by atoms with Crippen LogP contribution in [0, 0.1) is 6.92 Å². The number of nitrogens with one attached hydrogen (secondary N) is 1. The van der Waals surface area contributed by atoms with Crippen molar-refractivity contribution in [1.82, 2.24) is 4.90 Å². The maximum absolute atomic E-state index is 12.5. The molecule has 2 amide bonds. The van der Waals surface area contributed by atoms with Crippen LogP contribution in [0.15, 0.2) is 22.7 Å². The number of likely N-dealkylation sites (tertiary alicyclic amines) is 1. The second-order valence-electron chi connectivity index (χ2n) is 5.58. The lowest BCUT2D eigenvalue weighted by Gasteiger charge is -2.41. The van der Waals surface area contributed by atoms with Crippen LogP contribution in [0.25, 0.3) is 0 Å². The van der Waals surface area contributed by atoms with Crippen LogP contribution in [0.5, 0.6) is 0 Å². The van der Waals surface area contributed by atoms with Crippen molar-refractivity contribution >= 4 is 33.6 Å². The quantitative estimate of drug-likeness (QED) is 0.851. The predicted molar refractivity (Wildman–Crippen MR) is 84.5 cm³/mol. The zero-order valence-corrected chi connectivity index (χ0v) is 13.7. The second-order valence-corrected chi connectivity index (χ2v) is 6.49. The predicted octanol–water partition coefficient (Wildman–Crippen LogP) is 3.62. The molecular weight excluding hydrogens is 336 g/mol. The van der Waals surface area contributed by atoms with E-state index in [4.69, 9.17) is 0 Å². The summed E-state index contributed by atoms with van der Waals surface area (Å²) in [7, 11) is 0. The van der Waals surface area contributed by atoms with Gasteiger partial charge in [-0.15, -0.1) is 0 Å². The molecule has 1 aliphatic heterocycles. The molecule has 0 radical (unpaired) electrons. The summed E-state index contributed by atoms with van der Waals surface area (Å²) >= 11 is 3.37. The van der Waals surface area contributed by atoms with Crippen LogP contribution < -0.4 is 5.32 Å². The van der Waals surface area contributed by atoms with Gasteiger partial charge in [0.1, 0.15) is 5.54 Å². The van der Waals surface area contributed by atoms with E-state index in [1.807, 2.05) is 25.1 Å². The molecule has 1 saturated heterocycles. The number of aliphatic carboxylic acids is 1. The number of carbonyl (C=O) groups is 2. The van der Waals surface area contributed by atoms with Crippen LogP contribution >= 0.6 is 15.9 Å². The van der Waals surface area contributed by atoms with Crippen molar-refractivity contribution in [3.8, 4) is 0 Å². The Kier molecular flexibility index (Phi) is 4.56. The number of nitrogens with zero attached hydrogens (tertiary/aromatic N) is 1. The zero-order valence-electron chi connectivity index (χ0n) is 12.1. The first-order chi connectivity index (χ1) is 9.84. The molecule has 114 valence electrons. The average molecular weight is 355 g/mol. The molecule has 1 atom stereocenters. The van der Waals surface area contributed by atoms with Crippen molar-refractivity contribution in [1.29, 1.82) is 0 Å². The van der Waals surface area contributed by atoms with Crippen LogP contribution in [0.4, 0.5) is 10.5 Å². The molecular formula is C15H19BrN2O3. The van der Waals surface area contributed by atoms with Gasteiger partial charge in [0.15, 0.2) is 0 Å². The summed E-state index contributed by atoms with van der Waals surface area (Å²) in [5.41, 5.74) is 0.482. The van der Waals surface area contributed by atoms with Crippen LogP contribution in [-0.2, 0) is 4.79 Å². The van der Waals surface area contributed by atoms with Crippen molar-refractivity contribution in [2.45, 2.75) is 38.6 Å². The smallest absolute Gasteiger partial charge is 0.329 e. The average Bonchev–Trinajstić information content (AvgIpc) is 2.43. The van der Waals surface area contributed by atoms with Gasteiger partial charge >= 0.3 is 12.0 Å². The van der Waals surface area contributed by atoms with Crippen molar-refractivity contribution in [3.05, 3.63) is 28.2 Å². The van der Waals surface area contributed by atoms with E-state index in [1.165, 1.54) is 4.90 Å². The lowest BCUT2D eigenvalue weighted by atomic mass is 9.89. The molecule has 0 aliphatic carbocycles. The molecule has 1 fully saturated rings. The fourth-order valence-corrected chi connectivity index (χ4v) is 2.94. The van der Waals surface area contributed by atoms with Gasteiger partial charge in [-0.05, 0) is 50.8 Å². The molecule has 2 N–H and O–H groups in total. The van der Waals surface area contributed by atoms with Crippen LogP contribution in [0.3, 0.4) is 0 Å². The van der Waals surface area contributed by atoms with E-state index in [1.54, 1.807) is 6.92 Å². The second kappa shape index (κ2) is 6.05. The highest BCUT2D eigenvalue weighted by Crippen LogP contribution is 2.29. The van der Waals surface area contributed by atoms with E-state index in [0.717, 1.165) is 22.9 Å². The number of urea groups is 1. The molecule has 0 bridgehead atoms. The number of carboxylic acid groups (broad SMARTS) is 1.